The molecule has 0 spiro atoms. The van der Waals surface area contributed by atoms with Gasteiger partial charge in [0.2, 0.25) is 0 Å². The number of pyridine rings is 1. The molecule has 0 radical (unpaired) electrons. The second-order valence-corrected chi connectivity index (χ2v) is 5.95. The molecule has 0 atom stereocenters. The van der Waals surface area contributed by atoms with Crippen molar-refractivity contribution in [2.75, 3.05) is 10.6 Å². The molecule has 5 heteroatoms. The normalized spacial score (nSPS) is 10.6. The Kier molecular flexibility index (Phi) is 4.42. The monoisotopic (exact) mass is 294 g/mol. The molecule has 2 N–H and O–H groups in total. The van der Waals surface area contributed by atoms with Gasteiger partial charge in [-0.15, -0.1) is 0 Å². The first-order chi connectivity index (χ1) is 10.4. The number of carbonyl (C=O) groups excluding carboxylic acids is 1. The lowest BCUT2D eigenvalue weighted by molar-refractivity contribution is 0.102. The Labute approximate surface area is 130 Å². The number of nitrogens with one attached hydrogen (secondary N) is 2. The van der Waals surface area contributed by atoms with Crippen molar-refractivity contribution in [3.05, 3.63) is 53.9 Å². The molecule has 5 nitrogen and oxygen atoms in total. The molecule has 0 aliphatic carbocycles. The van der Waals surface area contributed by atoms with Crippen LogP contribution in [-0.4, -0.2) is 16.4 Å². The molecule has 0 unspecified atom stereocenters. The van der Waals surface area contributed by atoms with Gasteiger partial charge in [-0.2, -0.15) is 5.26 Å². The van der Waals surface area contributed by atoms with Gasteiger partial charge in [0, 0.05) is 11.2 Å². The van der Waals surface area contributed by atoms with Gasteiger partial charge in [0.25, 0.3) is 5.91 Å². The van der Waals surface area contributed by atoms with Crippen LogP contribution in [0.3, 0.4) is 0 Å². The maximum Gasteiger partial charge on any atom is 0.274 e. The smallest absolute Gasteiger partial charge is 0.274 e. The summed E-state index contributed by atoms with van der Waals surface area (Å²) in [4.78, 5) is 16.3. The molecule has 1 amide bonds. The first-order valence-electron chi connectivity index (χ1n) is 6.93. The second kappa shape index (κ2) is 6.27. The minimum atomic E-state index is -0.285. The van der Waals surface area contributed by atoms with Crippen molar-refractivity contribution in [3.8, 4) is 6.07 Å². The van der Waals surface area contributed by atoms with E-state index >= 15 is 0 Å². The van der Waals surface area contributed by atoms with Gasteiger partial charge in [-0.3, -0.25) is 4.79 Å². The average Bonchev–Trinajstić information content (AvgIpc) is 2.47. The van der Waals surface area contributed by atoms with Crippen molar-refractivity contribution in [2.45, 2.75) is 26.3 Å². The SMILES string of the molecule is CC(C)(C)Nc1ccc(C(=O)Nc2ccc(C#N)cc2)nc1. The van der Waals surface area contributed by atoms with Crippen molar-refractivity contribution >= 4 is 17.3 Å². The van der Waals surface area contributed by atoms with Crippen molar-refractivity contribution in [1.82, 2.24) is 4.98 Å². The summed E-state index contributed by atoms with van der Waals surface area (Å²) >= 11 is 0. The van der Waals surface area contributed by atoms with E-state index < -0.39 is 0 Å². The van der Waals surface area contributed by atoms with Crippen LogP contribution >= 0.6 is 0 Å². The van der Waals surface area contributed by atoms with Gasteiger partial charge in [0.1, 0.15) is 5.69 Å². The van der Waals surface area contributed by atoms with E-state index in [0.717, 1.165) is 5.69 Å². The first kappa shape index (κ1) is 15.5. The zero-order valence-electron chi connectivity index (χ0n) is 12.8. The average molecular weight is 294 g/mol. The number of hydrogen-bond donors (Lipinski definition) is 2. The quantitative estimate of drug-likeness (QED) is 0.909. The predicted octanol–water partition coefficient (Wildman–Crippen LogP) is 3.42. The molecule has 2 aromatic rings. The molecule has 0 aliphatic rings. The molecule has 0 saturated carbocycles. The van der Waals surface area contributed by atoms with Gasteiger partial charge in [-0.25, -0.2) is 4.98 Å². The molecule has 22 heavy (non-hydrogen) atoms. The minimum absolute atomic E-state index is 0.0616. The van der Waals surface area contributed by atoms with Gasteiger partial charge in [-0.05, 0) is 57.2 Å². The number of nitrogens with zero attached hydrogens (tertiary/aromatic N) is 2. The molecule has 1 aromatic carbocycles. The molecular formula is C17H18N4O. The highest BCUT2D eigenvalue weighted by molar-refractivity contribution is 6.02. The molecule has 2 rings (SSSR count). The summed E-state index contributed by atoms with van der Waals surface area (Å²) in [6.07, 6.45) is 1.64. The van der Waals surface area contributed by atoms with Crippen LogP contribution in [0.5, 0.6) is 0 Å². The summed E-state index contributed by atoms with van der Waals surface area (Å²) < 4.78 is 0. The highest BCUT2D eigenvalue weighted by Gasteiger charge is 2.11. The van der Waals surface area contributed by atoms with Crippen LogP contribution in [0.15, 0.2) is 42.6 Å². The largest absolute Gasteiger partial charge is 0.379 e. The Morgan fingerprint density at radius 1 is 1.09 bits per heavy atom. The second-order valence-electron chi connectivity index (χ2n) is 5.95. The maximum atomic E-state index is 12.1. The molecular weight excluding hydrogens is 276 g/mol. The highest BCUT2D eigenvalue weighted by Crippen LogP contribution is 2.15. The molecule has 112 valence electrons. The molecule has 0 bridgehead atoms. The van der Waals surface area contributed by atoms with E-state index in [0.29, 0.717) is 16.9 Å². The lowest BCUT2D eigenvalue weighted by Gasteiger charge is -2.21. The predicted molar refractivity (Wildman–Crippen MR) is 86.7 cm³/mol. The third-order valence-corrected chi connectivity index (χ3v) is 2.79. The van der Waals surface area contributed by atoms with Crippen LogP contribution in [-0.2, 0) is 0 Å². The number of nitriles is 1. The number of carbonyl (C=O) groups is 1. The van der Waals surface area contributed by atoms with Crippen LogP contribution in [0.4, 0.5) is 11.4 Å². The summed E-state index contributed by atoms with van der Waals surface area (Å²) in [5.74, 6) is -0.285. The van der Waals surface area contributed by atoms with E-state index in [1.165, 1.54) is 0 Å². The zero-order chi connectivity index (χ0) is 16.2. The number of amides is 1. The van der Waals surface area contributed by atoms with Crippen LogP contribution in [0.2, 0.25) is 0 Å². The lowest BCUT2D eigenvalue weighted by atomic mass is 10.1. The summed E-state index contributed by atoms with van der Waals surface area (Å²) in [7, 11) is 0. The summed E-state index contributed by atoms with van der Waals surface area (Å²) in [5, 5.41) is 14.8. The Morgan fingerprint density at radius 2 is 1.73 bits per heavy atom. The Hall–Kier alpha value is -2.87. The number of benzene rings is 1. The topological polar surface area (TPSA) is 77.8 Å². The minimum Gasteiger partial charge on any atom is -0.379 e. The number of hydrogen-bond acceptors (Lipinski definition) is 4. The molecule has 1 aromatic heterocycles. The van der Waals surface area contributed by atoms with Crippen molar-refractivity contribution in [1.29, 1.82) is 5.26 Å². The van der Waals surface area contributed by atoms with E-state index in [2.05, 4.69) is 36.4 Å². The van der Waals surface area contributed by atoms with Crippen molar-refractivity contribution < 1.29 is 4.79 Å². The Morgan fingerprint density at radius 3 is 2.23 bits per heavy atom. The zero-order valence-corrected chi connectivity index (χ0v) is 12.8. The van der Waals surface area contributed by atoms with E-state index in [9.17, 15) is 4.79 Å². The molecule has 1 heterocycles. The lowest BCUT2D eigenvalue weighted by Crippen LogP contribution is -2.26. The fourth-order valence-electron chi connectivity index (χ4n) is 1.86. The summed E-state index contributed by atoms with van der Waals surface area (Å²) in [6, 6.07) is 12.2. The Bertz CT molecular complexity index is 691. The summed E-state index contributed by atoms with van der Waals surface area (Å²) in [6.45, 7) is 6.16. The van der Waals surface area contributed by atoms with Gasteiger partial charge < -0.3 is 10.6 Å². The fraction of sp³-hybridized carbons (Fsp3) is 0.235. The Balaban J connectivity index is 2.04. The van der Waals surface area contributed by atoms with Gasteiger partial charge in [0.15, 0.2) is 0 Å². The third kappa shape index (κ3) is 4.32. The van der Waals surface area contributed by atoms with Crippen LogP contribution in [0.1, 0.15) is 36.8 Å². The standard InChI is InChI=1S/C17H18N4O/c1-17(2,3)21-14-8-9-15(19-11-14)16(22)20-13-6-4-12(10-18)5-7-13/h4-9,11,21H,1-3H3,(H,20,22). The maximum absolute atomic E-state index is 12.1. The van der Waals surface area contributed by atoms with Crippen molar-refractivity contribution in [3.63, 3.8) is 0 Å². The highest BCUT2D eigenvalue weighted by atomic mass is 16.1. The fourth-order valence-corrected chi connectivity index (χ4v) is 1.86. The van der Waals surface area contributed by atoms with Gasteiger partial charge in [-0.1, -0.05) is 0 Å². The third-order valence-electron chi connectivity index (χ3n) is 2.79. The number of anilines is 2. The van der Waals surface area contributed by atoms with Gasteiger partial charge >= 0.3 is 0 Å². The van der Waals surface area contributed by atoms with E-state index in [-0.39, 0.29) is 11.4 Å². The first-order valence-corrected chi connectivity index (χ1v) is 6.93. The van der Waals surface area contributed by atoms with Crippen LogP contribution in [0, 0.1) is 11.3 Å². The molecule has 0 fully saturated rings. The number of rotatable bonds is 3. The van der Waals surface area contributed by atoms with E-state index in [1.54, 1.807) is 36.5 Å². The van der Waals surface area contributed by atoms with Gasteiger partial charge in [0.05, 0.1) is 23.5 Å². The van der Waals surface area contributed by atoms with E-state index in [1.807, 2.05) is 12.1 Å². The van der Waals surface area contributed by atoms with E-state index in [4.69, 9.17) is 5.26 Å². The summed E-state index contributed by atoms with van der Waals surface area (Å²) in [5.41, 5.74) is 2.32. The molecule has 0 saturated heterocycles. The van der Waals surface area contributed by atoms with Crippen LogP contribution < -0.4 is 10.6 Å². The molecule has 0 aliphatic heterocycles. The van der Waals surface area contributed by atoms with Crippen molar-refractivity contribution in [2.24, 2.45) is 0 Å². The number of aromatic nitrogens is 1. The van der Waals surface area contributed by atoms with Crippen LogP contribution in [0.25, 0.3) is 0 Å².